The number of carbonyl (C=O) groups excluding carboxylic acids is 2. The highest BCUT2D eigenvalue weighted by atomic mass is 35.5. The molecule has 3 N–H and O–H groups in total. The molecule has 0 saturated carbocycles. The summed E-state index contributed by atoms with van der Waals surface area (Å²) in [5.74, 6) is -1.16. The van der Waals surface area contributed by atoms with E-state index in [1.54, 1.807) is 62.4 Å². The number of amides is 2. The van der Waals surface area contributed by atoms with Crippen LogP contribution in [-0.4, -0.2) is 26.6 Å². The van der Waals surface area contributed by atoms with Crippen molar-refractivity contribution in [1.82, 2.24) is 25.6 Å². The number of fused-ring (bicyclic) bond motifs is 2. The fourth-order valence-electron chi connectivity index (χ4n) is 3.19. The Hall–Kier alpha value is -3.65. The smallest absolute Gasteiger partial charge is 0.290 e. The van der Waals surface area contributed by atoms with Crippen LogP contribution in [0.1, 0.15) is 40.9 Å². The van der Waals surface area contributed by atoms with Gasteiger partial charge in [0.05, 0.1) is 11.4 Å². The van der Waals surface area contributed by atoms with Crippen molar-refractivity contribution in [3.05, 3.63) is 75.3 Å². The van der Waals surface area contributed by atoms with Crippen LogP contribution in [0.4, 0.5) is 0 Å². The van der Waals surface area contributed by atoms with E-state index >= 15 is 0 Å². The topological polar surface area (TPSA) is 109 Å². The van der Waals surface area contributed by atoms with Gasteiger partial charge in [0, 0.05) is 21.3 Å². The molecule has 2 aromatic carbocycles. The van der Waals surface area contributed by atoms with Gasteiger partial charge in [-0.25, -0.2) is 4.68 Å². The Morgan fingerprint density at radius 2 is 1.73 bits per heavy atom. The highest BCUT2D eigenvalue weighted by Gasteiger charge is 2.19. The molecular formula is C21H18ClN5O3. The first-order valence-corrected chi connectivity index (χ1v) is 9.63. The van der Waals surface area contributed by atoms with Crippen molar-refractivity contribution in [3.63, 3.8) is 0 Å². The van der Waals surface area contributed by atoms with Crippen molar-refractivity contribution in [1.29, 1.82) is 0 Å². The molecule has 4 rings (SSSR count). The van der Waals surface area contributed by atoms with Gasteiger partial charge in [-0.1, -0.05) is 35.9 Å². The summed E-state index contributed by atoms with van der Waals surface area (Å²) in [4.78, 5) is 40.8. The molecule has 2 heterocycles. The molecule has 2 aromatic heterocycles. The third-order valence-electron chi connectivity index (χ3n) is 4.65. The maximum atomic E-state index is 12.8. The van der Waals surface area contributed by atoms with Gasteiger partial charge in [0.25, 0.3) is 17.4 Å². The standard InChI is InChI=1S/C21H18ClN5O3/c1-11(2)27-21(30)15-6-4-3-5-14(15)18(26-27)20(29)25-24-19(28)17-9-12-7-8-13(22)10-16(12)23-17/h3-11,23H,1-2H3,(H,24,28)(H,25,29). The van der Waals surface area contributed by atoms with E-state index in [2.05, 4.69) is 20.9 Å². The van der Waals surface area contributed by atoms with Crippen molar-refractivity contribution in [2.24, 2.45) is 0 Å². The normalized spacial score (nSPS) is 11.2. The summed E-state index contributed by atoms with van der Waals surface area (Å²) < 4.78 is 1.25. The van der Waals surface area contributed by atoms with Crippen LogP contribution < -0.4 is 16.4 Å². The monoisotopic (exact) mass is 423 g/mol. The highest BCUT2D eigenvalue weighted by Crippen LogP contribution is 2.20. The van der Waals surface area contributed by atoms with Crippen molar-refractivity contribution in [2.45, 2.75) is 19.9 Å². The second-order valence-electron chi connectivity index (χ2n) is 7.06. The number of rotatable bonds is 3. The van der Waals surface area contributed by atoms with E-state index in [9.17, 15) is 14.4 Å². The number of carbonyl (C=O) groups is 2. The van der Waals surface area contributed by atoms with Crippen LogP contribution in [0.15, 0.2) is 53.3 Å². The van der Waals surface area contributed by atoms with E-state index in [1.807, 2.05) is 0 Å². The third-order valence-corrected chi connectivity index (χ3v) is 4.89. The number of aromatic nitrogens is 3. The molecule has 0 saturated heterocycles. The van der Waals surface area contributed by atoms with Gasteiger partial charge in [-0.3, -0.25) is 25.2 Å². The van der Waals surface area contributed by atoms with E-state index in [0.29, 0.717) is 21.3 Å². The molecular weight excluding hydrogens is 406 g/mol. The largest absolute Gasteiger partial charge is 0.350 e. The lowest BCUT2D eigenvalue weighted by molar-refractivity contribution is 0.0841. The molecule has 2 amide bonds. The van der Waals surface area contributed by atoms with Crippen LogP contribution in [0.2, 0.25) is 5.02 Å². The zero-order valence-corrected chi connectivity index (χ0v) is 16.9. The molecule has 0 aliphatic heterocycles. The number of H-pyrrole nitrogens is 1. The summed E-state index contributed by atoms with van der Waals surface area (Å²) in [6.45, 7) is 3.60. The van der Waals surface area contributed by atoms with E-state index in [0.717, 1.165) is 5.39 Å². The van der Waals surface area contributed by atoms with Crippen LogP contribution in [0.25, 0.3) is 21.7 Å². The third kappa shape index (κ3) is 3.53. The van der Waals surface area contributed by atoms with Crippen LogP contribution >= 0.6 is 11.6 Å². The zero-order valence-electron chi connectivity index (χ0n) is 16.2. The molecule has 4 aromatic rings. The Bertz CT molecular complexity index is 1360. The second-order valence-corrected chi connectivity index (χ2v) is 7.50. The number of aromatic amines is 1. The van der Waals surface area contributed by atoms with Gasteiger partial charge >= 0.3 is 0 Å². The molecule has 0 unspecified atom stereocenters. The van der Waals surface area contributed by atoms with Gasteiger partial charge in [-0.05, 0) is 38.1 Å². The van der Waals surface area contributed by atoms with Gasteiger partial charge in [-0.2, -0.15) is 5.10 Å². The zero-order chi connectivity index (χ0) is 21.4. The first-order valence-electron chi connectivity index (χ1n) is 9.25. The molecule has 0 bridgehead atoms. The molecule has 0 radical (unpaired) electrons. The van der Waals surface area contributed by atoms with E-state index in [-0.39, 0.29) is 23.0 Å². The Morgan fingerprint density at radius 1 is 1.03 bits per heavy atom. The lowest BCUT2D eigenvalue weighted by Crippen LogP contribution is -2.43. The molecule has 0 atom stereocenters. The van der Waals surface area contributed by atoms with Crippen LogP contribution in [0.5, 0.6) is 0 Å². The molecule has 152 valence electrons. The van der Waals surface area contributed by atoms with Crippen LogP contribution in [0, 0.1) is 0 Å². The summed E-state index contributed by atoms with van der Waals surface area (Å²) in [7, 11) is 0. The molecule has 9 heteroatoms. The summed E-state index contributed by atoms with van der Waals surface area (Å²) in [6, 6.07) is 13.4. The van der Waals surface area contributed by atoms with E-state index in [4.69, 9.17) is 11.6 Å². The predicted molar refractivity (Wildman–Crippen MR) is 115 cm³/mol. The first kappa shape index (κ1) is 19.7. The van der Waals surface area contributed by atoms with Gasteiger partial charge in [0.2, 0.25) is 0 Å². The lowest BCUT2D eigenvalue weighted by Gasteiger charge is -2.13. The van der Waals surface area contributed by atoms with Crippen molar-refractivity contribution in [3.8, 4) is 0 Å². The maximum absolute atomic E-state index is 12.8. The summed E-state index contributed by atoms with van der Waals surface area (Å²) in [5.41, 5.74) is 5.47. The fourth-order valence-corrected chi connectivity index (χ4v) is 3.36. The van der Waals surface area contributed by atoms with Gasteiger partial charge in [-0.15, -0.1) is 0 Å². The van der Waals surface area contributed by atoms with Gasteiger partial charge in [0.1, 0.15) is 5.69 Å². The minimum atomic E-state index is -0.631. The summed E-state index contributed by atoms with van der Waals surface area (Å²) in [6.07, 6.45) is 0. The van der Waals surface area contributed by atoms with Crippen molar-refractivity contribution >= 4 is 45.1 Å². The molecule has 0 spiro atoms. The average molecular weight is 424 g/mol. The van der Waals surface area contributed by atoms with Crippen LogP contribution in [0.3, 0.4) is 0 Å². The van der Waals surface area contributed by atoms with Crippen molar-refractivity contribution in [2.75, 3.05) is 0 Å². The van der Waals surface area contributed by atoms with E-state index in [1.165, 1.54) is 4.68 Å². The Kier molecular flexibility index (Phi) is 5.01. The Labute approximate surface area is 175 Å². The molecule has 0 aliphatic rings. The average Bonchev–Trinajstić information content (AvgIpc) is 3.15. The van der Waals surface area contributed by atoms with Gasteiger partial charge in [0.15, 0.2) is 5.69 Å². The Morgan fingerprint density at radius 3 is 2.47 bits per heavy atom. The molecule has 8 nitrogen and oxygen atoms in total. The molecule has 0 fully saturated rings. The number of halogens is 1. The number of nitrogens with one attached hydrogen (secondary N) is 3. The highest BCUT2D eigenvalue weighted by molar-refractivity contribution is 6.31. The number of benzene rings is 2. The molecule has 30 heavy (non-hydrogen) atoms. The summed E-state index contributed by atoms with van der Waals surface area (Å²) >= 11 is 5.96. The minimum absolute atomic E-state index is 0.0441. The lowest BCUT2D eigenvalue weighted by atomic mass is 10.1. The maximum Gasteiger partial charge on any atom is 0.290 e. The van der Waals surface area contributed by atoms with Gasteiger partial charge < -0.3 is 4.98 Å². The quantitative estimate of drug-likeness (QED) is 0.439. The number of hydrogen-bond acceptors (Lipinski definition) is 4. The summed E-state index contributed by atoms with van der Waals surface area (Å²) in [5, 5.41) is 6.36. The van der Waals surface area contributed by atoms with E-state index < -0.39 is 11.8 Å². The Balaban J connectivity index is 1.60. The van der Waals surface area contributed by atoms with Crippen LogP contribution in [-0.2, 0) is 0 Å². The minimum Gasteiger partial charge on any atom is -0.350 e. The predicted octanol–water partition coefficient (Wildman–Crippen LogP) is 3.19. The fraction of sp³-hybridized carbons (Fsp3) is 0.143. The first-order chi connectivity index (χ1) is 14.3. The second kappa shape index (κ2) is 7.64. The molecule has 0 aliphatic carbocycles. The number of nitrogens with zero attached hydrogens (tertiary/aromatic N) is 2. The number of hydrazine groups is 1. The SMILES string of the molecule is CC(C)n1nc(C(=O)NNC(=O)c2cc3ccc(Cl)cc3[nH]2)c2ccccc2c1=O. The number of hydrogen-bond donors (Lipinski definition) is 3. The van der Waals surface area contributed by atoms with Crippen molar-refractivity contribution < 1.29 is 9.59 Å².